The Bertz CT molecular complexity index is 1410. The first-order valence-corrected chi connectivity index (χ1v) is 12.8. The number of fused-ring (bicyclic) bond motifs is 1. The van der Waals surface area contributed by atoms with Crippen LogP contribution in [0, 0.1) is 0 Å². The van der Waals surface area contributed by atoms with Crippen molar-refractivity contribution in [1.29, 1.82) is 0 Å². The van der Waals surface area contributed by atoms with Crippen molar-refractivity contribution in [3.63, 3.8) is 0 Å². The summed E-state index contributed by atoms with van der Waals surface area (Å²) in [4.78, 5) is 16.7. The molecule has 0 aliphatic carbocycles. The predicted octanol–water partition coefficient (Wildman–Crippen LogP) is 5.36. The van der Waals surface area contributed by atoms with Gasteiger partial charge in [-0.3, -0.25) is 0 Å². The lowest BCUT2D eigenvalue weighted by molar-refractivity contribution is 0.242. The number of hydrogen-bond acceptors (Lipinski definition) is 9. The first-order chi connectivity index (χ1) is 18.4. The summed E-state index contributed by atoms with van der Waals surface area (Å²) in [7, 11) is 4.78. The molecule has 0 bridgehead atoms. The van der Waals surface area contributed by atoms with Crippen molar-refractivity contribution in [2.24, 2.45) is 0 Å². The number of benzene rings is 2. The molecule has 1 aliphatic heterocycles. The summed E-state index contributed by atoms with van der Waals surface area (Å²) in [5.41, 5.74) is 1.63. The summed E-state index contributed by atoms with van der Waals surface area (Å²) in [5.74, 6) is 4.48. The highest BCUT2D eigenvalue weighted by Gasteiger charge is 2.24. The Morgan fingerprint density at radius 1 is 1.00 bits per heavy atom. The van der Waals surface area contributed by atoms with Crippen LogP contribution in [0.3, 0.4) is 0 Å². The first-order valence-electron chi connectivity index (χ1n) is 12.8. The Morgan fingerprint density at radius 2 is 1.76 bits per heavy atom. The van der Waals surface area contributed by atoms with Gasteiger partial charge in [-0.05, 0) is 45.7 Å². The molecule has 200 valence electrons. The van der Waals surface area contributed by atoms with E-state index in [1.165, 1.54) is 0 Å². The third kappa shape index (κ3) is 4.98. The average Bonchev–Trinajstić information content (AvgIpc) is 3.56. The van der Waals surface area contributed by atoms with E-state index in [1.807, 2.05) is 54.9 Å². The van der Waals surface area contributed by atoms with Crippen LogP contribution in [-0.2, 0) is 0 Å². The lowest BCUT2D eigenvalue weighted by atomic mass is 10.2. The van der Waals surface area contributed by atoms with Crippen LogP contribution in [0.5, 0.6) is 23.0 Å². The normalized spacial score (nSPS) is 15.2. The number of methoxy groups -OCH3 is 3. The van der Waals surface area contributed by atoms with Gasteiger partial charge in [-0.15, -0.1) is 0 Å². The highest BCUT2D eigenvalue weighted by Crippen LogP contribution is 2.39. The van der Waals surface area contributed by atoms with E-state index in [4.69, 9.17) is 28.9 Å². The molecule has 1 atom stereocenters. The van der Waals surface area contributed by atoms with Crippen LogP contribution in [0.15, 0.2) is 42.9 Å². The molecular weight excluding hydrogens is 484 g/mol. The minimum absolute atomic E-state index is 0.0733. The Labute approximate surface area is 222 Å². The molecule has 2 aromatic carbocycles. The molecule has 38 heavy (non-hydrogen) atoms. The summed E-state index contributed by atoms with van der Waals surface area (Å²) in [5, 5.41) is 4.31. The number of aromatic nitrogens is 4. The van der Waals surface area contributed by atoms with E-state index < -0.39 is 0 Å². The number of ether oxygens (including phenoxy) is 4. The molecule has 10 nitrogen and oxygen atoms in total. The van der Waals surface area contributed by atoms with Gasteiger partial charge >= 0.3 is 0 Å². The molecule has 0 unspecified atom stereocenters. The second-order valence-electron chi connectivity index (χ2n) is 9.58. The van der Waals surface area contributed by atoms with Gasteiger partial charge in [0, 0.05) is 36.2 Å². The highest BCUT2D eigenvalue weighted by molar-refractivity contribution is 5.92. The third-order valence-electron chi connectivity index (χ3n) is 6.61. The quantitative estimate of drug-likeness (QED) is 0.314. The number of hydrogen-bond donors (Lipinski definition) is 1. The van der Waals surface area contributed by atoms with Crippen LogP contribution in [0.1, 0.15) is 33.6 Å². The molecule has 0 amide bonds. The van der Waals surface area contributed by atoms with Crippen molar-refractivity contribution < 1.29 is 18.9 Å². The third-order valence-corrected chi connectivity index (χ3v) is 6.61. The molecule has 0 radical (unpaired) electrons. The molecule has 5 rings (SSSR count). The summed E-state index contributed by atoms with van der Waals surface area (Å²) < 4.78 is 24.3. The first kappa shape index (κ1) is 25.4. The van der Waals surface area contributed by atoms with Crippen LogP contribution in [0.4, 0.5) is 17.6 Å². The lowest BCUT2D eigenvalue weighted by Gasteiger charge is -2.22. The van der Waals surface area contributed by atoms with Gasteiger partial charge in [-0.25, -0.2) is 9.97 Å². The van der Waals surface area contributed by atoms with E-state index in [1.54, 1.807) is 27.7 Å². The molecule has 0 saturated carbocycles. The standard InChI is InChI=1S/C28H34N6O4/c1-17(2)38-20-9-10-21-22(14-20)30-28(34-11-7-8-18(34)3)32-27(21)31-25-15-33(16-29-25)19-12-23(35-4)26(37-6)24(13-19)36-5/h9-10,12-18H,7-8,11H2,1-6H3,(H,30,31,32)/t18-/m1/s1. The highest BCUT2D eigenvalue weighted by atomic mass is 16.5. The van der Waals surface area contributed by atoms with Gasteiger partial charge in [0.2, 0.25) is 11.7 Å². The Morgan fingerprint density at radius 3 is 2.39 bits per heavy atom. The minimum Gasteiger partial charge on any atom is -0.493 e. The summed E-state index contributed by atoms with van der Waals surface area (Å²) in [6, 6.07) is 10.0. The van der Waals surface area contributed by atoms with Crippen LogP contribution >= 0.6 is 0 Å². The van der Waals surface area contributed by atoms with E-state index in [9.17, 15) is 0 Å². The number of imidazole rings is 1. The van der Waals surface area contributed by atoms with Gasteiger partial charge in [0.05, 0.1) is 44.8 Å². The fourth-order valence-corrected chi connectivity index (χ4v) is 4.76. The van der Waals surface area contributed by atoms with Crippen LogP contribution in [-0.4, -0.2) is 59.5 Å². The molecule has 1 aliphatic rings. The van der Waals surface area contributed by atoms with Crippen molar-refractivity contribution >= 4 is 28.5 Å². The molecule has 3 heterocycles. The van der Waals surface area contributed by atoms with E-state index in [0.717, 1.165) is 41.7 Å². The fourth-order valence-electron chi connectivity index (χ4n) is 4.76. The number of rotatable bonds is 9. The van der Waals surface area contributed by atoms with Gasteiger partial charge in [0.25, 0.3) is 0 Å². The van der Waals surface area contributed by atoms with Crippen LogP contribution in [0.25, 0.3) is 16.6 Å². The molecule has 10 heteroatoms. The zero-order valence-corrected chi connectivity index (χ0v) is 22.7. The second-order valence-corrected chi connectivity index (χ2v) is 9.58. The van der Waals surface area contributed by atoms with Gasteiger partial charge in [0.1, 0.15) is 23.7 Å². The van der Waals surface area contributed by atoms with Crippen molar-refractivity contribution in [2.75, 3.05) is 38.1 Å². The largest absolute Gasteiger partial charge is 0.493 e. The smallest absolute Gasteiger partial charge is 0.228 e. The Balaban J connectivity index is 1.52. The SMILES string of the molecule is COc1cc(-n2cnc(Nc3nc(N4CCC[C@H]4C)nc4cc(OC(C)C)ccc34)c2)cc(OC)c1OC. The Hall–Kier alpha value is -4.21. The monoisotopic (exact) mass is 518 g/mol. The van der Waals surface area contributed by atoms with Gasteiger partial charge in [-0.2, -0.15) is 4.98 Å². The van der Waals surface area contributed by atoms with Gasteiger partial charge < -0.3 is 33.7 Å². The van der Waals surface area contributed by atoms with Crippen LogP contribution < -0.4 is 29.2 Å². The van der Waals surface area contributed by atoms with E-state index in [2.05, 4.69) is 22.1 Å². The summed E-state index contributed by atoms with van der Waals surface area (Å²) in [6.07, 6.45) is 5.94. The molecule has 4 aromatic rings. The maximum Gasteiger partial charge on any atom is 0.228 e. The molecule has 1 N–H and O–H groups in total. The maximum absolute atomic E-state index is 5.93. The van der Waals surface area contributed by atoms with Crippen molar-refractivity contribution in [3.05, 3.63) is 42.9 Å². The van der Waals surface area contributed by atoms with Gasteiger partial charge in [-0.1, -0.05) is 0 Å². The molecule has 1 saturated heterocycles. The van der Waals surface area contributed by atoms with Crippen molar-refractivity contribution in [1.82, 2.24) is 19.5 Å². The predicted molar refractivity (Wildman–Crippen MR) is 148 cm³/mol. The van der Waals surface area contributed by atoms with E-state index >= 15 is 0 Å². The zero-order chi connectivity index (χ0) is 26.8. The number of anilines is 3. The topological polar surface area (TPSA) is 95.8 Å². The van der Waals surface area contributed by atoms with Crippen LogP contribution in [0.2, 0.25) is 0 Å². The molecule has 0 spiro atoms. The molecular formula is C28H34N6O4. The number of nitrogens with zero attached hydrogens (tertiary/aromatic N) is 5. The molecule has 1 fully saturated rings. The lowest BCUT2D eigenvalue weighted by Crippen LogP contribution is -2.28. The van der Waals surface area contributed by atoms with E-state index in [-0.39, 0.29) is 6.10 Å². The average molecular weight is 519 g/mol. The minimum atomic E-state index is 0.0733. The fraction of sp³-hybridized carbons (Fsp3) is 0.393. The van der Waals surface area contributed by atoms with E-state index in [0.29, 0.717) is 40.9 Å². The molecule has 2 aromatic heterocycles. The summed E-state index contributed by atoms with van der Waals surface area (Å²) in [6.45, 7) is 7.17. The van der Waals surface area contributed by atoms with Gasteiger partial charge in [0.15, 0.2) is 11.5 Å². The zero-order valence-electron chi connectivity index (χ0n) is 22.7. The van der Waals surface area contributed by atoms with Crippen molar-refractivity contribution in [2.45, 2.75) is 45.8 Å². The van der Waals surface area contributed by atoms with Crippen molar-refractivity contribution in [3.8, 4) is 28.7 Å². The maximum atomic E-state index is 5.93. The second kappa shape index (κ2) is 10.6. The number of nitrogens with one attached hydrogen (secondary N) is 1. The summed E-state index contributed by atoms with van der Waals surface area (Å²) >= 11 is 0. The Kier molecular flexibility index (Phi) is 7.13.